The zero-order valence-electron chi connectivity index (χ0n) is 9.65. The summed E-state index contributed by atoms with van der Waals surface area (Å²) < 4.78 is 0. The Kier molecular flexibility index (Phi) is 2.60. The maximum atomic E-state index is 9.90. The molecule has 1 aromatic rings. The molecule has 1 atom stereocenters. The van der Waals surface area contributed by atoms with Gasteiger partial charge in [0.25, 0.3) is 0 Å². The molecule has 2 heteroatoms. The molecule has 1 saturated heterocycles. The lowest BCUT2D eigenvalue weighted by Gasteiger charge is -2.24. The largest absolute Gasteiger partial charge is 0.388 e. The van der Waals surface area contributed by atoms with Gasteiger partial charge in [0.15, 0.2) is 0 Å². The van der Waals surface area contributed by atoms with E-state index in [1.54, 1.807) is 0 Å². The molecule has 0 saturated carbocycles. The van der Waals surface area contributed by atoms with Crippen molar-refractivity contribution in [3.8, 4) is 0 Å². The number of aliphatic hydroxyl groups is 1. The highest BCUT2D eigenvalue weighted by molar-refractivity contribution is 5.52. The van der Waals surface area contributed by atoms with Gasteiger partial charge in [-0.3, -0.25) is 0 Å². The molecule has 0 radical (unpaired) electrons. The van der Waals surface area contributed by atoms with Crippen LogP contribution in [-0.2, 0) is 6.42 Å². The summed E-state index contributed by atoms with van der Waals surface area (Å²) in [5.41, 5.74) is 3.88. The van der Waals surface area contributed by atoms with Gasteiger partial charge in [-0.1, -0.05) is 6.07 Å². The number of benzene rings is 1. The van der Waals surface area contributed by atoms with E-state index in [4.69, 9.17) is 0 Å². The maximum absolute atomic E-state index is 9.90. The van der Waals surface area contributed by atoms with Gasteiger partial charge in [0.2, 0.25) is 0 Å². The minimum Gasteiger partial charge on any atom is -0.388 e. The smallest absolute Gasteiger partial charge is 0.0792 e. The molecular weight excluding hydrogens is 198 g/mol. The number of rotatable bonds is 1. The van der Waals surface area contributed by atoms with Crippen molar-refractivity contribution in [2.24, 2.45) is 0 Å². The Morgan fingerprint density at radius 3 is 2.75 bits per heavy atom. The van der Waals surface area contributed by atoms with Crippen LogP contribution >= 0.6 is 0 Å². The second kappa shape index (κ2) is 4.10. The fourth-order valence-electron chi connectivity index (χ4n) is 2.95. The first kappa shape index (κ1) is 10.2. The Labute approximate surface area is 96.9 Å². The Bertz CT molecular complexity index is 382. The van der Waals surface area contributed by atoms with Crippen LogP contribution in [0.4, 0.5) is 5.69 Å². The minimum atomic E-state index is -0.226. The highest BCUT2D eigenvalue weighted by Gasteiger charge is 2.19. The average molecular weight is 217 g/mol. The van der Waals surface area contributed by atoms with Gasteiger partial charge in [-0.2, -0.15) is 0 Å². The fourth-order valence-corrected chi connectivity index (χ4v) is 2.95. The summed E-state index contributed by atoms with van der Waals surface area (Å²) in [5, 5.41) is 9.90. The predicted molar refractivity (Wildman–Crippen MR) is 65.8 cm³/mol. The zero-order chi connectivity index (χ0) is 11.0. The molecule has 1 fully saturated rings. The number of hydrogen-bond acceptors (Lipinski definition) is 2. The maximum Gasteiger partial charge on any atom is 0.0792 e. The summed E-state index contributed by atoms with van der Waals surface area (Å²) in [6, 6.07) is 6.61. The van der Waals surface area contributed by atoms with E-state index in [0.29, 0.717) is 0 Å². The van der Waals surface area contributed by atoms with Gasteiger partial charge in [-0.25, -0.2) is 0 Å². The fraction of sp³-hybridized carbons (Fsp3) is 0.571. The summed E-state index contributed by atoms with van der Waals surface area (Å²) in [6.45, 7) is 2.39. The number of anilines is 1. The summed E-state index contributed by atoms with van der Waals surface area (Å²) in [7, 11) is 0. The molecule has 86 valence electrons. The lowest BCUT2D eigenvalue weighted by Crippen LogP contribution is -2.18. The van der Waals surface area contributed by atoms with E-state index in [1.165, 1.54) is 37.2 Å². The van der Waals surface area contributed by atoms with Crippen LogP contribution in [0.1, 0.15) is 42.9 Å². The Morgan fingerprint density at radius 1 is 1.12 bits per heavy atom. The van der Waals surface area contributed by atoms with Gasteiger partial charge in [0.1, 0.15) is 0 Å². The van der Waals surface area contributed by atoms with Crippen molar-refractivity contribution in [3.63, 3.8) is 0 Å². The third-order valence-electron chi connectivity index (χ3n) is 3.88. The Balaban J connectivity index is 1.91. The van der Waals surface area contributed by atoms with Crippen molar-refractivity contribution in [1.82, 2.24) is 0 Å². The standard InChI is InChI=1S/C14H19NO/c16-14-5-3-4-11-10-12(6-7-13(11)14)15-8-1-2-9-15/h6-7,10,14,16H,1-5,8-9H2. The first-order chi connectivity index (χ1) is 7.84. The molecule has 1 N–H and O–H groups in total. The number of hydrogen-bond donors (Lipinski definition) is 1. The van der Waals surface area contributed by atoms with Crippen molar-refractivity contribution >= 4 is 5.69 Å². The van der Waals surface area contributed by atoms with Gasteiger partial charge in [0, 0.05) is 18.8 Å². The van der Waals surface area contributed by atoms with Crippen molar-refractivity contribution in [3.05, 3.63) is 29.3 Å². The van der Waals surface area contributed by atoms with E-state index in [9.17, 15) is 5.11 Å². The number of aliphatic hydroxyl groups excluding tert-OH is 1. The molecule has 0 bridgehead atoms. The van der Waals surface area contributed by atoms with Crippen LogP contribution in [0.25, 0.3) is 0 Å². The predicted octanol–water partition coefficient (Wildman–Crippen LogP) is 2.66. The SMILES string of the molecule is OC1CCCc2cc(N3CCCC3)ccc21. The summed E-state index contributed by atoms with van der Waals surface area (Å²) in [5.74, 6) is 0. The molecule has 2 nitrogen and oxygen atoms in total. The molecule has 3 rings (SSSR count). The molecule has 2 aliphatic rings. The van der Waals surface area contributed by atoms with Crippen molar-refractivity contribution < 1.29 is 5.11 Å². The van der Waals surface area contributed by atoms with Crippen LogP contribution in [0.15, 0.2) is 18.2 Å². The average Bonchev–Trinajstić information content (AvgIpc) is 2.82. The molecule has 16 heavy (non-hydrogen) atoms. The lowest BCUT2D eigenvalue weighted by atomic mass is 9.89. The summed E-state index contributed by atoms with van der Waals surface area (Å²) >= 11 is 0. The van der Waals surface area contributed by atoms with Crippen LogP contribution in [0.5, 0.6) is 0 Å². The van der Waals surface area contributed by atoms with E-state index in [1.807, 2.05) is 0 Å². The Morgan fingerprint density at radius 2 is 1.94 bits per heavy atom. The van der Waals surface area contributed by atoms with Crippen LogP contribution in [0, 0.1) is 0 Å². The molecule has 0 amide bonds. The normalized spacial score (nSPS) is 24.6. The molecule has 0 spiro atoms. The monoisotopic (exact) mass is 217 g/mol. The molecule has 1 aromatic carbocycles. The second-order valence-corrected chi connectivity index (χ2v) is 4.99. The number of fused-ring (bicyclic) bond motifs is 1. The number of aryl methyl sites for hydroxylation is 1. The van der Waals surface area contributed by atoms with Crippen LogP contribution in [-0.4, -0.2) is 18.2 Å². The van der Waals surface area contributed by atoms with Gasteiger partial charge in [-0.15, -0.1) is 0 Å². The molecular formula is C14H19NO. The minimum absolute atomic E-state index is 0.226. The van der Waals surface area contributed by atoms with Crippen LogP contribution < -0.4 is 4.90 Å². The van der Waals surface area contributed by atoms with E-state index >= 15 is 0 Å². The first-order valence-corrected chi connectivity index (χ1v) is 6.40. The van der Waals surface area contributed by atoms with Gasteiger partial charge in [-0.05, 0) is 55.4 Å². The van der Waals surface area contributed by atoms with Gasteiger partial charge >= 0.3 is 0 Å². The summed E-state index contributed by atoms with van der Waals surface area (Å²) in [4.78, 5) is 2.46. The van der Waals surface area contributed by atoms with Crippen molar-refractivity contribution in [1.29, 1.82) is 0 Å². The van der Waals surface area contributed by atoms with Crippen LogP contribution in [0.2, 0.25) is 0 Å². The number of nitrogens with zero attached hydrogens (tertiary/aromatic N) is 1. The highest BCUT2D eigenvalue weighted by Crippen LogP contribution is 2.32. The highest BCUT2D eigenvalue weighted by atomic mass is 16.3. The first-order valence-electron chi connectivity index (χ1n) is 6.40. The topological polar surface area (TPSA) is 23.5 Å². The molecule has 1 unspecified atom stereocenters. The van der Waals surface area contributed by atoms with E-state index < -0.39 is 0 Å². The van der Waals surface area contributed by atoms with Crippen molar-refractivity contribution in [2.45, 2.75) is 38.2 Å². The van der Waals surface area contributed by atoms with Gasteiger partial charge in [0.05, 0.1) is 6.10 Å². The summed E-state index contributed by atoms with van der Waals surface area (Å²) in [6.07, 6.45) is 5.60. The molecule has 0 aromatic heterocycles. The Hall–Kier alpha value is -1.02. The quantitative estimate of drug-likeness (QED) is 0.781. The lowest BCUT2D eigenvalue weighted by molar-refractivity contribution is 0.156. The van der Waals surface area contributed by atoms with E-state index in [-0.39, 0.29) is 6.10 Å². The molecule has 1 aliphatic carbocycles. The third-order valence-corrected chi connectivity index (χ3v) is 3.88. The van der Waals surface area contributed by atoms with Crippen LogP contribution in [0.3, 0.4) is 0 Å². The van der Waals surface area contributed by atoms with Crippen molar-refractivity contribution in [2.75, 3.05) is 18.0 Å². The van der Waals surface area contributed by atoms with E-state index in [2.05, 4.69) is 23.1 Å². The third kappa shape index (κ3) is 1.71. The zero-order valence-corrected chi connectivity index (χ0v) is 9.65. The molecule has 1 heterocycles. The van der Waals surface area contributed by atoms with E-state index in [0.717, 1.165) is 24.8 Å². The second-order valence-electron chi connectivity index (χ2n) is 4.99. The molecule has 1 aliphatic heterocycles. The van der Waals surface area contributed by atoms with Gasteiger partial charge < -0.3 is 10.0 Å².